The molecule has 3 rings (SSSR count). The van der Waals surface area contributed by atoms with Gasteiger partial charge in [-0.2, -0.15) is 0 Å². The molecule has 0 aliphatic carbocycles. The van der Waals surface area contributed by atoms with Crippen LogP contribution in [0.2, 0.25) is 0 Å². The minimum absolute atomic E-state index is 0.0867. The van der Waals surface area contributed by atoms with Crippen LogP contribution >= 0.6 is 0 Å². The van der Waals surface area contributed by atoms with Crippen LogP contribution in [0.4, 0.5) is 26.2 Å². The number of halogens is 1. The van der Waals surface area contributed by atoms with Crippen molar-refractivity contribution in [3.05, 3.63) is 54.3 Å². The SMILES string of the molecule is CN(C)c1ccc(NC(=O)N2CCN(c3ccc(F)cc3)CC2)cc1. The Kier molecular flexibility index (Phi) is 5.07. The Hall–Kier alpha value is -2.76. The average molecular weight is 342 g/mol. The fourth-order valence-corrected chi connectivity index (χ4v) is 2.87. The largest absolute Gasteiger partial charge is 0.378 e. The van der Waals surface area contributed by atoms with Crippen LogP contribution in [0.5, 0.6) is 0 Å². The van der Waals surface area contributed by atoms with Gasteiger partial charge < -0.3 is 20.0 Å². The third kappa shape index (κ3) is 4.21. The maximum Gasteiger partial charge on any atom is 0.321 e. The van der Waals surface area contributed by atoms with E-state index in [2.05, 4.69) is 10.2 Å². The standard InChI is InChI=1S/C19H23FN4O/c1-22(2)17-9-5-16(6-10-17)21-19(25)24-13-11-23(12-14-24)18-7-3-15(20)4-8-18/h3-10H,11-14H2,1-2H3,(H,21,25). The molecule has 0 atom stereocenters. The lowest BCUT2D eigenvalue weighted by Gasteiger charge is -2.36. The van der Waals surface area contributed by atoms with Crippen LogP contribution < -0.4 is 15.1 Å². The van der Waals surface area contributed by atoms with Gasteiger partial charge in [-0.1, -0.05) is 0 Å². The Labute approximate surface area is 147 Å². The Morgan fingerprint density at radius 3 is 2.12 bits per heavy atom. The molecule has 0 aromatic heterocycles. The summed E-state index contributed by atoms with van der Waals surface area (Å²) in [6.45, 7) is 2.75. The second-order valence-corrected chi connectivity index (χ2v) is 6.32. The van der Waals surface area contributed by atoms with E-state index < -0.39 is 0 Å². The molecule has 2 aromatic carbocycles. The van der Waals surface area contributed by atoms with Crippen molar-refractivity contribution < 1.29 is 9.18 Å². The van der Waals surface area contributed by atoms with E-state index in [0.29, 0.717) is 13.1 Å². The average Bonchev–Trinajstić information content (AvgIpc) is 2.63. The molecule has 0 spiro atoms. The third-order valence-electron chi connectivity index (χ3n) is 4.39. The summed E-state index contributed by atoms with van der Waals surface area (Å²) in [5.74, 6) is -0.234. The number of amides is 2. The fourth-order valence-electron chi connectivity index (χ4n) is 2.87. The normalized spacial score (nSPS) is 14.4. The predicted molar refractivity (Wildman–Crippen MR) is 100.0 cm³/mol. The highest BCUT2D eigenvalue weighted by Gasteiger charge is 2.21. The number of hydrogen-bond donors (Lipinski definition) is 1. The van der Waals surface area contributed by atoms with Gasteiger partial charge in [0.15, 0.2) is 0 Å². The fraction of sp³-hybridized carbons (Fsp3) is 0.316. The van der Waals surface area contributed by atoms with Crippen molar-refractivity contribution in [2.45, 2.75) is 0 Å². The number of hydrogen-bond acceptors (Lipinski definition) is 3. The van der Waals surface area contributed by atoms with E-state index in [-0.39, 0.29) is 11.8 Å². The molecule has 25 heavy (non-hydrogen) atoms. The molecule has 1 N–H and O–H groups in total. The van der Waals surface area contributed by atoms with Crippen molar-refractivity contribution in [3.8, 4) is 0 Å². The van der Waals surface area contributed by atoms with Crippen LogP contribution in [-0.4, -0.2) is 51.2 Å². The third-order valence-corrected chi connectivity index (χ3v) is 4.39. The molecule has 0 bridgehead atoms. The minimum atomic E-state index is -0.234. The summed E-state index contributed by atoms with van der Waals surface area (Å²) in [5, 5.41) is 2.94. The lowest BCUT2D eigenvalue weighted by Crippen LogP contribution is -2.50. The van der Waals surface area contributed by atoms with Gasteiger partial charge in [-0.15, -0.1) is 0 Å². The minimum Gasteiger partial charge on any atom is -0.378 e. The number of nitrogens with zero attached hydrogens (tertiary/aromatic N) is 3. The lowest BCUT2D eigenvalue weighted by atomic mass is 10.2. The van der Waals surface area contributed by atoms with E-state index in [9.17, 15) is 9.18 Å². The van der Waals surface area contributed by atoms with Gasteiger partial charge in [-0.3, -0.25) is 0 Å². The number of rotatable bonds is 3. The molecule has 0 radical (unpaired) electrons. The lowest BCUT2D eigenvalue weighted by molar-refractivity contribution is 0.208. The summed E-state index contributed by atoms with van der Waals surface area (Å²) in [4.78, 5) is 18.4. The first-order valence-corrected chi connectivity index (χ1v) is 8.37. The molecule has 1 aliphatic rings. The second kappa shape index (κ2) is 7.42. The molecule has 1 aliphatic heterocycles. The van der Waals surface area contributed by atoms with Crippen LogP contribution in [0.3, 0.4) is 0 Å². The molecule has 1 heterocycles. The van der Waals surface area contributed by atoms with Crippen molar-refractivity contribution in [1.29, 1.82) is 0 Å². The van der Waals surface area contributed by atoms with Gasteiger partial charge in [0.25, 0.3) is 0 Å². The summed E-state index contributed by atoms with van der Waals surface area (Å²) in [6.07, 6.45) is 0. The summed E-state index contributed by atoms with van der Waals surface area (Å²) in [5.41, 5.74) is 2.86. The Balaban J connectivity index is 1.53. The zero-order valence-electron chi connectivity index (χ0n) is 14.6. The number of anilines is 3. The smallest absolute Gasteiger partial charge is 0.321 e. The van der Waals surface area contributed by atoms with E-state index in [1.807, 2.05) is 43.3 Å². The van der Waals surface area contributed by atoms with Crippen molar-refractivity contribution in [3.63, 3.8) is 0 Å². The Morgan fingerprint density at radius 1 is 0.960 bits per heavy atom. The van der Waals surface area contributed by atoms with Crippen LogP contribution in [-0.2, 0) is 0 Å². The van der Waals surface area contributed by atoms with Gasteiger partial charge in [0.1, 0.15) is 5.82 Å². The quantitative estimate of drug-likeness (QED) is 0.931. The van der Waals surface area contributed by atoms with E-state index >= 15 is 0 Å². The van der Waals surface area contributed by atoms with Crippen LogP contribution in [0.1, 0.15) is 0 Å². The molecule has 1 saturated heterocycles. The monoisotopic (exact) mass is 342 g/mol. The molecule has 6 heteroatoms. The number of nitrogens with one attached hydrogen (secondary N) is 1. The molecular formula is C19H23FN4O. The van der Waals surface area contributed by atoms with Crippen LogP contribution in [0.15, 0.2) is 48.5 Å². The first-order chi connectivity index (χ1) is 12.0. The number of urea groups is 1. The Bertz CT molecular complexity index is 707. The first kappa shape index (κ1) is 17.1. The van der Waals surface area contributed by atoms with Gasteiger partial charge in [0.05, 0.1) is 0 Å². The summed E-state index contributed by atoms with van der Waals surface area (Å²) < 4.78 is 13.0. The van der Waals surface area contributed by atoms with E-state index in [4.69, 9.17) is 0 Å². The number of carbonyl (C=O) groups is 1. The van der Waals surface area contributed by atoms with Crippen molar-refractivity contribution in [1.82, 2.24) is 4.90 Å². The summed E-state index contributed by atoms with van der Waals surface area (Å²) >= 11 is 0. The molecule has 0 saturated carbocycles. The molecular weight excluding hydrogens is 319 g/mol. The highest BCUT2D eigenvalue weighted by Crippen LogP contribution is 2.19. The van der Waals surface area contributed by atoms with Gasteiger partial charge in [-0.25, -0.2) is 9.18 Å². The van der Waals surface area contributed by atoms with Crippen LogP contribution in [0.25, 0.3) is 0 Å². The highest BCUT2D eigenvalue weighted by atomic mass is 19.1. The van der Waals surface area contributed by atoms with E-state index in [1.54, 1.807) is 17.0 Å². The maximum atomic E-state index is 13.0. The van der Waals surface area contributed by atoms with E-state index in [0.717, 1.165) is 30.2 Å². The van der Waals surface area contributed by atoms with Crippen molar-refractivity contribution >= 4 is 23.1 Å². The van der Waals surface area contributed by atoms with Gasteiger partial charge in [0.2, 0.25) is 0 Å². The zero-order valence-corrected chi connectivity index (χ0v) is 14.6. The van der Waals surface area contributed by atoms with Crippen LogP contribution in [0, 0.1) is 5.82 Å². The number of carbonyl (C=O) groups excluding carboxylic acids is 1. The highest BCUT2D eigenvalue weighted by molar-refractivity contribution is 5.89. The predicted octanol–water partition coefficient (Wildman–Crippen LogP) is 3.25. The topological polar surface area (TPSA) is 38.8 Å². The van der Waals surface area contributed by atoms with Crippen molar-refractivity contribution in [2.24, 2.45) is 0 Å². The zero-order chi connectivity index (χ0) is 17.8. The van der Waals surface area contributed by atoms with E-state index in [1.165, 1.54) is 12.1 Å². The summed E-state index contributed by atoms with van der Waals surface area (Å²) in [6, 6.07) is 14.1. The second-order valence-electron chi connectivity index (χ2n) is 6.32. The van der Waals surface area contributed by atoms with Gasteiger partial charge >= 0.3 is 6.03 Å². The maximum absolute atomic E-state index is 13.0. The molecule has 1 fully saturated rings. The number of benzene rings is 2. The molecule has 2 aromatic rings. The first-order valence-electron chi connectivity index (χ1n) is 8.37. The Morgan fingerprint density at radius 2 is 1.56 bits per heavy atom. The van der Waals surface area contributed by atoms with Crippen molar-refractivity contribution in [2.75, 3.05) is 55.4 Å². The molecule has 0 unspecified atom stereocenters. The molecule has 132 valence electrons. The summed E-state index contributed by atoms with van der Waals surface area (Å²) in [7, 11) is 3.96. The molecule has 2 amide bonds. The number of piperazine rings is 1. The van der Waals surface area contributed by atoms with Gasteiger partial charge in [-0.05, 0) is 48.5 Å². The molecule has 5 nitrogen and oxygen atoms in total. The van der Waals surface area contributed by atoms with Gasteiger partial charge in [0, 0.05) is 57.3 Å².